The molecule has 3 saturated heterocycles. The summed E-state index contributed by atoms with van der Waals surface area (Å²) in [7, 11) is 0. The number of benzene rings is 1. The van der Waals surface area contributed by atoms with Crippen LogP contribution in [0.4, 0.5) is 8.78 Å². The van der Waals surface area contributed by atoms with Gasteiger partial charge >= 0.3 is 0 Å². The van der Waals surface area contributed by atoms with Gasteiger partial charge in [-0.1, -0.05) is 6.07 Å². The van der Waals surface area contributed by atoms with Crippen molar-refractivity contribution in [3.63, 3.8) is 0 Å². The highest BCUT2D eigenvalue weighted by atomic mass is 19.2. The first-order chi connectivity index (χ1) is 13.0. The number of hydrogen-bond donors (Lipinski definition) is 0. The predicted octanol–water partition coefficient (Wildman–Crippen LogP) is 3.21. The average Bonchev–Trinajstić information content (AvgIpc) is 3.27. The third-order valence-electron chi connectivity index (χ3n) is 6.56. The van der Waals surface area contributed by atoms with E-state index in [0.29, 0.717) is 24.4 Å². The van der Waals surface area contributed by atoms with Crippen molar-refractivity contribution in [1.82, 2.24) is 9.80 Å². The maximum atomic E-state index is 13.4. The smallest absolute Gasteiger partial charge is 0.223 e. The third kappa shape index (κ3) is 4.32. The van der Waals surface area contributed by atoms with Crippen LogP contribution < -0.4 is 0 Å². The highest BCUT2D eigenvalue weighted by Gasteiger charge is 2.44. The molecule has 4 rings (SSSR count). The van der Waals surface area contributed by atoms with Crippen molar-refractivity contribution in [2.75, 3.05) is 39.4 Å². The van der Waals surface area contributed by atoms with Gasteiger partial charge in [-0.3, -0.25) is 4.79 Å². The third-order valence-corrected chi connectivity index (χ3v) is 6.56. The first kappa shape index (κ1) is 18.8. The van der Waals surface area contributed by atoms with E-state index in [1.807, 2.05) is 4.90 Å². The molecule has 0 N–H and O–H groups in total. The van der Waals surface area contributed by atoms with Crippen molar-refractivity contribution < 1.29 is 18.3 Å². The Balaban J connectivity index is 1.29. The van der Waals surface area contributed by atoms with Crippen LogP contribution in [0, 0.1) is 23.0 Å². The molecule has 6 heteroatoms. The van der Waals surface area contributed by atoms with Gasteiger partial charge in [-0.25, -0.2) is 8.78 Å². The number of carbonyl (C=O) groups excluding carboxylic acids is 1. The van der Waals surface area contributed by atoms with Crippen molar-refractivity contribution in [2.45, 2.75) is 38.6 Å². The fourth-order valence-electron chi connectivity index (χ4n) is 4.75. The highest BCUT2D eigenvalue weighted by molar-refractivity contribution is 5.79. The second kappa shape index (κ2) is 7.84. The molecule has 1 aromatic rings. The monoisotopic (exact) mass is 378 g/mol. The molecule has 27 heavy (non-hydrogen) atoms. The molecule has 0 saturated carbocycles. The van der Waals surface area contributed by atoms with Crippen LogP contribution in [0.3, 0.4) is 0 Å². The molecule has 3 aliphatic heterocycles. The molecule has 3 heterocycles. The fourth-order valence-corrected chi connectivity index (χ4v) is 4.75. The molecule has 3 aliphatic rings. The zero-order valence-electron chi connectivity index (χ0n) is 15.8. The number of nitrogens with zero attached hydrogens (tertiary/aromatic N) is 2. The lowest BCUT2D eigenvalue weighted by Crippen LogP contribution is -2.42. The summed E-state index contributed by atoms with van der Waals surface area (Å²) in [5.74, 6) is -0.855. The second-order valence-corrected chi connectivity index (χ2v) is 8.53. The number of carbonyl (C=O) groups is 1. The molecule has 1 atom stereocenters. The maximum Gasteiger partial charge on any atom is 0.223 e. The first-order valence-electron chi connectivity index (χ1n) is 10.0. The minimum Gasteiger partial charge on any atom is -0.381 e. The van der Waals surface area contributed by atoms with E-state index < -0.39 is 11.6 Å². The molecule has 3 fully saturated rings. The molecule has 1 amide bonds. The van der Waals surface area contributed by atoms with E-state index in [1.54, 1.807) is 6.07 Å². The summed E-state index contributed by atoms with van der Waals surface area (Å²) in [5.41, 5.74) is 0.707. The van der Waals surface area contributed by atoms with E-state index in [0.717, 1.165) is 58.3 Å². The number of rotatable bonds is 5. The molecule has 1 unspecified atom stereocenters. The Labute approximate surface area is 159 Å². The van der Waals surface area contributed by atoms with Crippen molar-refractivity contribution in [3.8, 4) is 0 Å². The van der Waals surface area contributed by atoms with Crippen molar-refractivity contribution in [2.24, 2.45) is 11.3 Å². The van der Waals surface area contributed by atoms with Crippen LogP contribution in [-0.2, 0) is 16.1 Å². The maximum absolute atomic E-state index is 13.4. The normalized spacial score (nSPS) is 25.6. The molecule has 1 spiro atoms. The molecule has 0 aliphatic carbocycles. The zero-order valence-corrected chi connectivity index (χ0v) is 15.8. The lowest BCUT2D eigenvalue weighted by molar-refractivity contribution is -0.128. The number of ether oxygens (including phenoxy) is 1. The molecule has 4 nitrogen and oxygen atoms in total. The Morgan fingerprint density at radius 3 is 2.70 bits per heavy atom. The average molecular weight is 378 g/mol. The number of hydrogen-bond acceptors (Lipinski definition) is 3. The summed E-state index contributed by atoms with van der Waals surface area (Å²) < 4.78 is 32.0. The first-order valence-corrected chi connectivity index (χ1v) is 10.0. The Morgan fingerprint density at radius 2 is 2.00 bits per heavy atom. The lowest BCUT2D eigenvalue weighted by Gasteiger charge is -2.39. The summed E-state index contributed by atoms with van der Waals surface area (Å²) in [6.07, 6.45) is 5.04. The molecule has 0 aromatic heterocycles. The summed E-state index contributed by atoms with van der Waals surface area (Å²) in [6, 6.07) is 3.89. The predicted molar refractivity (Wildman–Crippen MR) is 98.0 cm³/mol. The van der Waals surface area contributed by atoms with E-state index in [2.05, 4.69) is 4.90 Å². The summed E-state index contributed by atoms with van der Waals surface area (Å²) in [5, 5.41) is 0. The van der Waals surface area contributed by atoms with Gasteiger partial charge in [0, 0.05) is 32.7 Å². The van der Waals surface area contributed by atoms with Gasteiger partial charge in [0.2, 0.25) is 5.91 Å². The molecule has 1 aromatic carbocycles. The topological polar surface area (TPSA) is 32.8 Å². The Kier molecular flexibility index (Phi) is 5.46. The molecular formula is C21H28F2N2O2. The summed E-state index contributed by atoms with van der Waals surface area (Å²) in [4.78, 5) is 16.9. The molecule has 0 radical (unpaired) electrons. The van der Waals surface area contributed by atoms with Gasteiger partial charge in [-0.05, 0) is 74.3 Å². The summed E-state index contributed by atoms with van der Waals surface area (Å²) >= 11 is 0. The number of piperidine rings is 1. The van der Waals surface area contributed by atoms with Crippen LogP contribution >= 0.6 is 0 Å². The zero-order chi connectivity index (χ0) is 18.9. The van der Waals surface area contributed by atoms with Crippen LogP contribution in [-0.4, -0.2) is 55.1 Å². The van der Waals surface area contributed by atoms with Crippen LogP contribution in [0.15, 0.2) is 18.2 Å². The van der Waals surface area contributed by atoms with Gasteiger partial charge in [0.15, 0.2) is 11.6 Å². The molecule has 0 bridgehead atoms. The van der Waals surface area contributed by atoms with E-state index in [9.17, 15) is 13.6 Å². The van der Waals surface area contributed by atoms with Crippen LogP contribution in [0.2, 0.25) is 0 Å². The van der Waals surface area contributed by atoms with E-state index in [1.165, 1.54) is 18.9 Å². The minimum atomic E-state index is -0.852. The highest BCUT2D eigenvalue weighted by Crippen LogP contribution is 2.41. The van der Waals surface area contributed by atoms with Crippen molar-refractivity contribution in [1.29, 1.82) is 0 Å². The number of likely N-dealkylation sites (tertiary alicyclic amines) is 2. The second-order valence-electron chi connectivity index (χ2n) is 8.53. The summed E-state index contributed by atoms with van der Waals surface area (Å²) in [6.45, 7) is 6.11. The SMILES string of the molecule is O=C1CC2(CCN(CCC3CCOC3)CC2)CN1Cc1ccc(F)c(F)c1. The molecular weight excluding hydrogens is 350 g/mol. The van der Waals surface area contributed by atoms with Gasteiger partial charge in [0.05, 0.1) is 0 Å². The van der Waals surface area contributed by atoms with Gasteiger partial charge in [-0.2, -0.15) is 0 Å². The van der Waals surface area contributed by atoms with Gasteiger partial charge in [-0.15, -0.1) is 0 Å². The standard InChI is InChI=1S/C21H28F2N2O2/c22-18-2-1-17(11-19(18)23)13-25-15-21(12-20(25)26)5-8-24(9-6-21)7-3-16-4-10-27-14-16/h1-2,11,16H,3-10,12-15H2. The largest absolute Gasteiger partial charge is 0.381 e. The quantitative estimate of drug-likeness (QED) is 0.789. The Hall–Kier alpha value is -1.53. The minimum absolute atomic E-state index is 0.0582. The van der Waals surface area contributed by atoms with E-state index in [4.69, 9.17) is 4.74 Å². The van der Waals surface area contributed by atoms with Crippen molar-refractivity contribution in [3.05, 3.63) is 35.4 Å². The van der Waals surface area contributed by atoms with Gasteiger partial charge in [0.25, 0.3) is 0 Å². The number of amides is 1. The van der Waals surface area contributed by atoms with Crippen LogP contribution in [0.5, 0.6) is 0 Å². The lowest BCUT2D eigenvalue weighted by atomic mass is 9.77. The van der Waals surface area contributed by atoms with E-state index >= 15 is 0 Å². The molecule has 148 valence electrons. The van der Waals surface area contributed by atoms with E-state index in [-0.39, 0.29) is 11.3 Å². The van der Waals surface area contributed by atoms with Gasteiger partial charge < -0.3 is 14.5 Å². The number of halogens is 2. The fraction of sp³-hybridized carbons (Fsp3) is 0.667. The Morgan fingerprint density at radius 1 is 1.19 bits per heavy atom. The Bertz CT molecular complexity index is 683. The van der Waals surface area contributed by atoms with Crippen LogP contribution in [0.25, 0.3) is 0 Å². The van der Waals surface area contributed by atoms with Gasteiger partial charge in [0.1, 0.15) is 0 Å². The van der Waals surface area contributed by atoms with Crippen molar-refractivity contribution >= 4 is 5.91 Å². The van der Waals surface area contributed by atoms with Crippen LogP contribution in [0.1, 0.15) is 37.7 Å².